The van der Waals surface area contributed by atoms with E-state index >= 15 is 0 Å². The average Bonchev–Trinajstić information content (AvgIpc) is 3.13. The van der Waals surface area contributed by atoms with Gasteiger partial charge in [-0.1, -0.05) is 62.3 Å². The Hall–Kier alpha value is -2.42. The highest BCUT2D eigenvalue weighted by Gasteiger charge is 2.29. The van der Waals surface area contributed by atoms with Crippen molar-refractivity contribution in [3.8, 4) is 0 Å². The van der Waals surface area contributed by atoms with Gasteiger partial charge in [0.2, 0.25) is 0 Å². The van der Waals surface area contributed by atoms with Crippen LogP contribution in [0.3, 0.4) is 0 Å². The minimum Gasteiger partial charge on any atom is -0.273 e. The topological polar surface area (TPSA) is 34.9 Å². The molecule has 1 unspecified atom stereocenters. The third-order valence-corrected chi connectivity index (χ3v) is 5.44. The highest BCUT2D eigenvalue weighted by atomic mass is 16.1. The normalized spacial score (nSPS) is 21.5. The molecule has 144 valence electrons. The molecule has 0 aliphatic heterocycles. The van der Waals surface area contributed by atoms with Crippen molar-refractivity contribution in [2.24, 2.45) is 11.3 Å². The molecule has 0 fully saturated rings. The van der Waals surface area contributed by atoms with Crippen LogP contribution in [0.1, 0.15) is 59.2 Å². The van der Waals surface area contributed by atoms with Crippen LogP contribution in [0.2, 0.25) is 0 Å². The third kappa shape index (κ3) is 5.78. The number of hydrogen-bond donors (Lipinski definition) is 0. The van der Waals surface area contributed by atoms with Crippen molar-refractivity contribution in [2.45, 2.75) is 54.4 Å². The highest BCUT2D eigenvalue weighted by Crippen LogP contribution is 2.43. The van der Waals surface area contributed by atoms with E-state index in [4.69, 9.17) is 0 Å². The van der Waals surface area contributed by atoms with Crippen LogP contribution in [0.4, 0.5) is 0 Å². The number of carbonyl (C=O) groups is 1. The Kier molecular flexibility index (Phi) is 6.95. The summed E-state index contributed by atoms with van der Waals surface area (Å²) in [5.74, 6) is 0.578. The minimum atomic E-state index is -0.0914. The molecule has 1 aliphatic carbocycles. The van der Waals surface area contributed by atoms with Crippen molar-refractivity contribution >= 4 is 5.91 Å². The molecule has 2 rings (SSSR count). The molecule has 3 nitrogen and oxygen atoms in total. The van der Waals surface area contributed by atoms with E-state index in [1.807, 2.05) is 19.1 Å². The van der Waals surface area contributed by atoms with Crippen molar-refractivity contribution in [3.63, 3.8) is 0 Å². The van der Waals surface area contributed by atoms with Gasteiger partial charge in [-0.2, -0.15) is 0 Å². The zero-order chi connectivity index (χ0) is 20.0. The van der Waals surface area contributed by atoms with Crippen molar-refractivity contribution in [2.75, 3.05) is 0 Å². The van der Waals surface area contributed by atoms with E-state index in [0.717, 1.165) is 5.57 Å². The largest absolute Gasteiger partial charge is 0.273 e. The van der Waals surface area contributed by atoms with Crippen LogP contribution in [0.25, 0.3) is 0 Å². The van der Waals surface area contributed by atoms with Gasteiger partial charge >= 0.3 is 0 Å². The summed E-state index contributed by atoms with van der Waals surface area (Å²) in [5, 5.41) is 0. The molecule has 3 heteroatoms. The Bertz CT molecular complexity index is 815. The summed E-state index contributed by atoms with van der Waals surface area (Å²) >= 11 is 0. The first-order valence-corrected chi connectivity index (χ1v) is 9.65. The molecular weight excluding hydrogens is 332 g/mol. The van der Waals surface area contributed by atoms with Crippen LogP contribution in [0.5, 0.6) is 0 Å². The molecule has 1 atom stereocenters. The van der Waals surface area contributed by atoms with E-state index < -0.39 is 0 Å². The predicted octanol–water partition coefficient (Wildman–Crippen LogP) is 6.30. The lowest BCUT2D eigenvalue weighted by Crippen LogP contribution is -2.23. The van der Waals surface area contributed by atoms with E-state index in [1.54, 1.807) is 18.5 Å². The van der Waals surface area contributed by atoms with Gasteiger partial charge in [0.15, 0.2) is 0 Å². The van der Waals surface area contributed by atoms with E-state index in [0.29, 0.717) is 5.92 Å². The van der Waals surface area contributed by atoms with Gasteiger partial charge < -0.3 is 0 Å². The Morgan fingerprint density at radius 3 is 2.67 bits per heavy atom. The summed E-state index contributed by atoms with van der Waals surface area (Å²) < 4.78 is 1.46. The number of allylic oxidation sites excluding steroid dienone is 10. The smallest absolute Gasteiger partial charge is 0.256 e. The van der Waals surface area contributed by atoms with Crippen molar-refractivity contribution in [1.29, 1.82) is 0 Å². The van der Waals surface area contributed by atoms with Crippen LogP contribution in [-0.4, -0.2) is 15.5 Å². The van der Waals surface area contributed by atoms with Crippen molar-refractivity contribution in [3.05, 3.63) is 77.5 Å². The van der Waals surface area contributed by atoms with Crippen molar-refractivity contribution in [1.82, 2.24) is 9.55 Å². The van der Waals surface area contributed by atoms with Crippen LogP contribution >= 0.6 is 0 Å². The maximum Gasteiger partial charge on any atom is 0.256 e. The van der Waals surface area contributed by atoms with Gasteiger partial charge in [0.25, 0.3) is 5.91 Å². The molecule has 0 spiro atoms. The number of carbonyl (C=O) groups excluding carboxylic acids is 1. The second-order valence-corrected chi connectivity index (χ2v) is 8.22. The molecule has 1 aromatic heterocycles. The molecule has 0 bridgehead atoms. The first kappa shape index (κ1) is 20.9. The minimum absolute atomic E-state index is 0.0914. The Morgan fingerprint density at radius 1 is 1.26 bits per heavy atom. The SMILES string of the molecule is CC1=C(/C=C/C(C)=C/C=C/C(C)=C\C(=O)n2ccnc2)C(C)(C)CCC1C. The quantitative estimate of drug-likeness (QED) is 0.454. The molecule has 0 saturated heterocycles. The van der Waals surface area contributed by atoms with Gasteiger partial charge in [0.1, 0.15) is 6.33 Å². The first-order chi connectivity index (χ1) is 12.7. The average molecular weight is 365 g/mol. The number of aromatic nitrogens is 2. The lowest BCUT2D eigenvalue weighted by atomic mass is 9.69. The number of rotatable bonds is 5. The van der Waals surface area contributed by atoms with Crippen LogP contribution in [-0.2, 0) is 0 Å². The van der Waals surface area contributed by atoms with E-state index in [1.165, 1.54) is 40.5 Å². The summed E-state index contributed by atoms with van der Waals surface area (Å²) in [4.78, 5) is 15.9. The Morgan fingerprint density at radius 2 is 2.00 bits per heavy atom. The van der Waals surface area contributed by atoms with Crippen LogP contribution < -0.4 is 0 Å². The Labute approximate surface area is 163 Å². The van der Waals surface area contributed by atoms with E-state index in [9.17, 15) is 4.79 Å². The van der Waals surface area contributed by atoms with Gasteiger partial charge in [0.05, 0.1) is 0 Å². The molecule has 27 heavy (non-hydrogen) atoms. The molecule has 0 N–H and O–H groups in total. The standard InChI is InChI=1S/C24H32N2O/c1-18(10-11-22-21(4)20(3)12-13-24(22,5)6)8-7-9-19(2)16-23(27)26-15-14-25-17-26/h7-11,14-17,20H,12-13H2,1-6H3/b9-7+,11-10+,18-8+,19-16-. The third-order valence-electron chi connectivity index (χ3n) is 5.44. The molecule has 0 saturated carbocycles. The second kappa shape index (κ2) is 8.98. The van der Waals surface area contributed by atoms with Gasteiger partial charge in [-0.3, -0.25) is 9.36 Å². The molecule has 1 aliphatic rings. The fourth-order valence-electron chi connectivity index (χ4n) is 3.41. The van der Waals surface area contributed by atoms with E-state index in [2.05, 4.69) is 57.8 Å². The molecule has 0 amide bonds. The summed E-state index contributed by atoms with van der Waals surface area (Å²) in [6.45, 7) is 13.3. The maximum absolute atomic E-state index is 12.0. The maximum atomic E-state index is 12.0. The molecule has 1 heterocycles. The lowest BCUT2D eigenvalue weighted by Gasteiger charge is -2.36. The van der Waals surface area contributed by atoms with E-state index in [-0.39, 0.29) is 11.3 Å². The van der Waals surface area contributed by atoms with Gasteiger partial charge in [0, 0.05) is 18.5 Å². The zero-order valence-corrected chi connectivity index (χ0v) is 17.5. The fraction of sp³-hybridized carbons (Fsp3) is 0.417. The summed E-state index contributed by atoms with van der Waals surface area (Å²) in [7, 11) is 0. The van der Waals surface area contributed by atoms with Gasteiger partial charge in [-0.05, 0) is 56.1 Å². The monoisotopic (exact) mass is 364 g/mol. The molecular formula is C24H32N2O. The number of hydrogen-bond acceptors (Lipinski definition) is 2. The molecule has 1 aromatic rings. The first-order valence-electron chi connectivity index (χ1n) is 9.65. The summed E-state index contributed by atoms with van der Waals surface area (Å²) in [6.07, 6.45) is 19.4. The lowest BCUT2D eigenvalue weighted by molar-refractivity contribution is 0.0968. The Balaban J connectivity index is 2.05. The van der Waals surface area contributed by atoms with Gasteiger partial charge in [-0.15, -0.1) is 0 Å². The highest BCUT2D eigenvalue weighted by molar-refractivity contribution is 5.90. The molecule has 0 aromatic carbocycles. The van der Waals surface area contributed by atoms with Crippen LogP contribution in [0.15, 0.2) is 77.5 Å². The zero-order valence-electron chi connectivity index (χ0n) is 17.5. The number of imidazole rings is 1. The van der Waals surface area contributed by atoms with Crippen LogP contribution in [0, 0.1) is 11.3 Å². The summed E-state index contributed by atoms with van der Waals surface area (Å²) in [5.41, 5.74) is 5.33. The van der Waals surface area contributed by atoms with Crippen molar-refractivity contribution < 1.29 is 4.79 Å². The molecule has 0 radical (unpaired) electrons. The fourth-order valence-corrected chi connectivity index (χ4v) is 3.41. The summed E-state index contributed by atoms with van der Waals surface area (Å²) in [6, 6.07) is 0. The number of nitrogens with zero attached hydrogens (tertiary/aromatic N) is 2. The predicted molar refractivity (Wildman–Crippen MR) is 114 cm³/mol. The van der Waals surface area contributed by atoms with Gasteiger partial charge in [-0.25, -0.2) is 4.98 Å². The second-order valence-electron chi connectivity index (χ2n) is 8.22.